The largest absolute Gasteiger partial charge is 0.393 e. The lowest BCUT2D eigenvalue weighted by Gasteiger charge is -2.17. The fourth-order valence-electron chi connectivity index (χ4n) is 3.69. The third kappa shape index (κ3) is 2.30. The Morgan fingerprint density at radius 3 is 2.50 bits per heavy atom. The summed E-state index contributed by atoms with van der Waals surface area (Å²) in [5, 5.41) is 21.3. The number of hydrogen-bond acceptors (Lipinski definition) is 3. The molecule has 2 saturated carbocycles. The van der Waals surface area contributed by atoms with Crippen LogP contribution in [-0.2, 0) is 0 Å². The minimum Gasteiger partial charge on any atom is -0.393 e. The molecule has 0 radical (unpaired) electrons. The number of carbonyl (C=O) groups is 1. The third-order valence-corrected chi connectivity index (χ3v) is 4.70. The van der Waals surface area contributed by atoms with Crippen molar-refractivity contribution in [2.75, 3.05) is 0 Å². The zero-order valence-electron chi connectivity index (χ0n) is 11.4. The summed E-state index contributed by atoms with van der Waals surface area (Å²) in [5.74, 6) is 1.59. The normalized spacial score (nSPS) is 32.0. The highest BCUT2D eigenvalue weighted by molar-refractivity contribution is 5.94. The highest BCUT2D eigenvalue weighted by atomic mass is 16.3. The summed E-state index contributed by atoms with van der Waals surface area (Å²) >= 11 is 0. The van der Waals surface area contributed by atoms with Gasteiger partial charge in [0.25, 0.3) is 5.91 Å². The van der Waals surface area contributed by atoms with E-state index in [1.165, 1.54) is 0 Å². The van der Waals surface area contributed by atoms with E-state index < -0.39 is 0 Å². The van der Waals surface area contributed by atoms with Crippen molar-refractivity contribution in [2.45, 2.75) is 31.9 Å². The summed E-state index contributed by atoms with van der Waals surface area (Å²) in [6, 6.07) is 8.84. The lowest BCUT2D eigenvalue weighted by molar-refractivity contribution is 0.0929. The summed E-state index contributed by atoms with van der Waals surface area (Å²) in [5.41, 5.74) is 1.14. The molecule has 1 aromatic carbocycles. The van der Waals surface area contributed by atoms with Gasteiger partial charge in [0.15, 0.2) is 0 Å². The highest BCUT2D eigenvalue weighted by Crippen LogP contribution is 2.58. The van der Waals surface area contributed by atoms with E-state index in [4.69, 9.17) is 5.26 Å². The molecule has 2 N–H and O–H groups in total. The lowest BCUT2D eigenvalue weighted by Crippen LogP contribution is -2.35. The molecule has 2 fully saturated rings. The van der Waals surface area contributed by atoms with Gasteiger partial charge in [-0.25, -0.2) is 0 Å². The number of nitriles is 1. The van der Waals surface area contributed by atoms with Crippen molar-refractivity contribution in [3.63, 3.8) is 0 Å². The van der Waals surface area contributed by atoms with E-state index >= 15 is 0 Å². The molecular formula is C16H18N2O2. The zero-order valence-corrected chi connectivity index (χ0v) is 11.4. The Morgan fingerprint density at radius 2 is 1.95 bits per heavy atom. The van der Waals surface area contributed by atoms with E-state index in [1.54, 1.807) is 24.3 Å². The van der Waals surface area contributed by atoms with Gasteiger partial charge in [-0.2, -0.15) is 5.26 Å². The topological polar surface area (TPSA) is 73.1 Å². The summed E-state index contributed by atoms with van der Waals surface area (Å²) in [4.78, 5) is 12.1. The molecule has 0 bridgehead atoms. The number of hydrogen-bond donors (Lipinski definition) is 2. The van der Waals surface area contributed by atoms with Gasteiger partial charge in [0, 0.05) is 11.6 Å². The summed E-state index contributed by atoms with van der Waals surface area (Å²) in [6.07, 6.45) is 1.63. The second kappa shape index (κ2) is 4.92. The van der Waals surface area contributed by atoms with Gasteiger partial charge in [-0.1, -0.05) is 0 Å². The van der Waals surface area contributed by atoms with Crippen LogP contribution in [0.3, 0.4) is 0 Å². The van der Waals surface area contributed by atoms with Crippen LogP contribution in [0.15, 0.2) is 24.3 Å². The first kappa shape index (κ1) is 13.1. The SMILES string of the molecule is CC(NC(=O)c1ccc(C#N)cc1)C1C2CC(O)CC21. The number of carbonyl (C=O) groups excluding carboxylic acids is 1. The van der Waals surface area contributed by atoms with Crippen LogP contribution in [-0.4, -0.2) is 23.2 Å². The van der Waals surface area contributed by atoms with Crippen molar-refractivity contribution in [1.29, 1.82) is 5.26 Å². The summed E-state index contributed by atoms with van der Waals surface area (Å²) in [7, 11) is 0. The molecule has 104 valence electrons. The molecule has 0 heterocycles. The second-order valence-electron chi connectivity index (χ2n) is 5.98. The van der Waals surface area contributed by atoms with E-state index in [1.807, 2.05) is 13.0 Å². The van der Waals surface area contributed by atoms with E-state index in [0.717, 1.165) is 12.8 Å². The van der Waals surface area contributed by atoms with Crippen LogP contribution in [0.5, 0.6) is 0 Å². The number of benzene rings is 1. The third-order valence-electron chi connectivity index (χ3n) is 4.70. The molecule has 0 saturated heterocycles. The molecule has 0 aromatic heterocycles. The van der Waals surface area contributed by atoms with Gasteiger partial charge in [0.1, 0.15) is 0 Å². The van der Waals surface area contributed by atoms with Crippen LogP contribution in [0.1, 0.15) is 35.7 Å². The number of aliphatic hydroxyl groups excluding tert-OH is 1. The molecule has 1 amide bonds. The fraction of sp³-hybridized carbons (Fsp3) is 0.500. The van der Waals surface area contributed by atoms with Crippen LogP contribution in [0.25, 0.3) is 0 Å². The lowest BCUT2D eigenvalue weighted by atomic mass is 10.0. The molecule has 0 spiro atoms. The Bertz CT molecular complexity index is 549. The van der Waals surface area contributed by atoms with Crippen LogP contribution in [0.4, 0.5) is 0 Å². The first-order chi connectivity index (χ1) is 9.60. The molecule has 3 unspecified atom stereocenters. The maximum absolute atomic E-state index is 12.1. The standard InChI is InChI=1S/C16H18N2O2/c1-9(15-13-6-12(19)7-14(13)15)18-16(20)11-4-2-10(8-17)3-5-11/h2-5,9,12-15,19H,6-7H2,1H3,(H,18,20). The first-order valence-electron chi connectivity index (χ1n) is 7.09. The number of fused-ring (bicyclic) bond motifs is 1. The van der Waals surface area contributed by atoms with Gasteiger partial charge in [0.05, 0.1) is 17.7 Å². The minimum absolute atomic E-state index is 0.0903. The molecule has 4 heteroatoms. The van der Waals surface area contributed by atoms with Gasteiger partial charge in [-0.15, -0.1) is 0 Å². The van der Waals surface area contributed by atoms with Gasteiger partial charge < -0.3 is 10.4 Å². The monoisotopic (exact) mass is 270 g/mol. The smallest absolute Gasteiger partial charge is 0.251 e. The Hall–Kier alpha value is -1.86. The van der Waals surface area contributed by atoms with Crippen LogP contribution < -0.4 is 5.32 Å². The molecule has 20 heavy (non-hydrogen) atoms. The zero-order chi connectivity index (χ0) is 14.3. The Labute approximate surface area is 118 Å². The molecular weight excluding hydrogens is 252 g/mol. The van der Waals surface area contributed by atoms with Crippen LogP contribution >= 0.6 is 0 Å². The van der Waals surface area contributed by atoms with E-state index in [9.17, 15) is 9.90 Å². The molecule has 3 rings (SSSR count). The fourth-order valence-corrected chi connectivity index (χ4v) is 3.69. The molecule has 3 atom stereocenters. The number of aliphatic hydroxyl groups is 1. The van der Waals surface area contributed by atoms with Gasteiger partial charge in [0.2, 0.25) is 0 Å². The van der Waals surface area contributed by atoms with Crippen molar-refractivity contribution in [1.82, 2.24) is 5.32 Å². The predicted octanol–water partition coefficient (Wildman–Crippen LogP) is 1.69. The molecule has 2 aliphatic carbocycles. The van der Waals surface area contributed by atoms with Gasteiger partial charge in [-0.3, -0.25) is 4.79 Å². The van der Waals surface area contributed by atoms with Crippen molar-refractivity contribution >= 4 is 5.91 Å². The number of nitrogens with one attached hydrogen (secondary N) is 1. The summed E-state index contributed by atoms with van der Waals surface area (Å²) < 4.78 is 0. The molecule has 0 aliphatic heterocycles. The number of rotatable bonds is 3. The van der Waals surface area contributed by atoms with E-state index in [-0.39, 0.29) is 18.1 Å². The van der Waals surface area contributed by atoms with Gasteiger partial charge in [-0.05, 0) is 61.8 Å². The van der Waals surface area contributed by atoms with Crippen molar-refractivity contribution in [3.8, 4) is 6.07 Å². The Kier molecular flexibility index (Phi) is 3.23. The van der Waals surface area contributed by atoms with E-state index in [0.29, 0.717) is 28.9 Å². The summed E-state index contributed by atoms with van der Waals surface area (Å²) in [6.45, 7) is 2.04. The highest BCUT2D eigenvalue weighted by Gasteiger charge is 2.57. The Morgan fingerprint density at radius 1 is 1.35 bits per heavy atom. The first-order valence-corrected chi connectivity index (χ1v) is 7.09. The minimum atomic E-state index is -0.136. The molecule has 1 aromatic rings. The van der Waals surface area contributed by atoms with E-state index in [2.05, 4.69) is 5.32 Å². The number of amides is 1. The molecule has 2 aliphatic rings. The van der Waals surface area contributed by atoms with Crippen molar-refractivity contribution < 1.29 is 9.90 Å². The van der Waals surface area contributed by atoms with Gasteiger partial charge >= 0.3 is 0 Å². The van der Waals surface area contributed by atoms with Crippen LogP contribution in [0.2, 0.25) is 0 Å². The average molecular weight is 270 g/mol. The van der Waals surface area contributed by atoms with Crippen LogP contribution in [0, 0.1) is 29.1 Å². The maximum atomic E-state index is 12.1. The van der Waals surface area contributed by atoms with Crippen molar-refractivity contribution in [2.24, 2.45) is 17.8 Å². The number of nitrogens with zero attached hydrogens (tertiary/aromatic N) is 1. The predicted molar refractivity (Wildman–Crippen MR) is 73.8 cm³/mol. The average Bonchev–Trinajstić information content (AvgIpc) is 2.97. The quantitative estimate of drug-likeness (QED) is 0.878. The van der Waals surface area contributed by atoms with Crippen molar-refractivity contribution in [3.05, 3.63) is 35.4 Å². The second-order valence-corrected chi connectivity index (χ2v) is 5.98. The Balaban J connectivity index is 1.58. The molecule has 4 nitrogen and oxygen atoms in total. The maximum Gasteiger partial charge on any atom is 0.251 e.